The quantitative estimate of drug-likeness (QED) is 0.869. The summed E-state index contributed by atoms with van der Waals surface area (Å²) in [4.78, 5) is 16.7. The van der Waals surface area contributed by atoms with Crippen molar-refractivity contribution in [2.24, 2.45) is 0 Å². The number of aliphatic hydroxyl groups is 1. The molecule has 0 radical (unpaired) electrons. The standard InChI is InChI=1S/C17H25N3O2/c21-16(14-17(22)6-8-18-9-7-17)20-12-10-19(11-13-20)15-4-2-1-3-5-15/h1-5,18,22H,6-14H2. The first-order valence-electron chi connectivity index (χ1n) is 8.17. The Morgan fingerprint density at radius 1 is 1.09 bits per heavy atom. The van der Waals surface area contributed by atoms with Crippen LogP contribution in [0.3, 0.4) is 0 Å². The first-order chi connectivity index (χ1) is 10.7. The Morgan fingerprint density at radius 3 is 2.36 bits per heavy atom. The molecular formula is C17H25N3O2. The second-order valence-corrected chi connectivity index (χ2v) is 6.35. The van der Waals surface area contributed by atoms with Crippen LogP contribution in [0.4, 0.5) is 5.69 Å². The van der Waals surface area contributed by atoms with E-state index in [1.165, 1.54) is 5.69 Å². The van der Waals surface area contributed by atoms with Crippen LogP contribution in [0.1, 0.15) is 19.3 Å². The number of carbonyl (C=O) groups excluding carboxylic acids is 1. The van der Waals surface area contributed by atoms with Gasteiger partial charge in [-0.05, 0) is 38.1 Å². The molecule has 5 heteroatoms. The van der Waals surface area contributed by atoms with Crippen molar-refractivity contribution < 1.29 is 9.90 Å². The van der Waals surface area contributed by atoms with Gasteiger partial charge in [-0.1, -0.05) is 18.2 Å². The number of anilines is 1. The smallest absolute Gasteiger partial charge is 0.225 e. The highest BCUT2D eigenvalue weighted by molar-refractivity contribution is 5.77. The summed E-state index contributed by atoms with van der Waals surface area (Å²) in [5.41, 5.74) is 0.408. The van der Waals surface area contributed by atoms with Gasteiger partial charge >= 0.3 is 0 Å². The van der Waals surface area contributed by atoms with Gasteiger partial charge in [-0.15, -0.1) is 0 Å². The van der Waals surface area contributed by atoms with Crippen molar-refractivity contribution in [1.82, 2.24) is 10.2 Å². The second-order valence-electron chi connectivity index (χ2n) is 6.35. The van der Waals surface area contributed by atoms with Crippen LogP contribution in [0.15, 0.2) is 30.3 Å². The fraction of sp³-hybridized carbons (Fsp3) is 0.588. The first-order valence-corrected chi connectivity index (χ1v) is 8.17. The lowest BCUT2D eigenvalue weighted by Gasteiger charge is -2.38. The number of hydrogen-bond donors (Lipinski definition) is 2. The van der Waals surface area contributed by atoms with E-state index in [-0.39, 0.29) is 12.3 Å². The number of nitrogens with one attached hydrogen (secondary N) is 1. The summed E-state index contributed by atoms with van der Waals surface area (Å²) in [5.74, 6) is 0.0945. The summed E-state index contributed by atoms with van der Waals surface area (Å²) < 4.78 is 0. The molecule has 2 fully saturated rings. The Labute approximate surface area is 131 Å². The van der Waals surface area contributed by atoms with E-state index in [9.17, 15) is 9.90 Å². The van der Waals surface area contributed by atoms with E-state index >= 15 is 0 Å². The zero-order chi connectivity index (χ0) is 15.4. The lowest BCUT2D eigenvalue weighted by molar-refractivity contribution is -0.137. The lowest BCUT2D eigenvalue weighted by Crippen LogP contribution is -2.51. The molecule has 0 spiro atoms. The number of piperidine rings is 1. The number of rotatable bonds is 3. The van der Waals surface area contributed by atoms with Crippen LogP contribution in [0.25, 0.3) is 0 Å². The number of para-hydroxylation sites is 1. The van der Waals surface area contributed by atoms with Crippen molar-refractivity contribution in [2.75, 3.05) is 44.2 Å². The fourth-order valence-electron chi connectivity index (χ4n) is 3.32. The Morgan fingerprint density at radius 2 is 1.73 bits per heavy atom. The van der Waals surface area contributed by atoms with E-state index in [4.69, 9.17) is 0 Å². The summed E-state index contributed by atoms with van der Waals surface area (Å²) in [5, 5.41) is 13.7. The Bertz CT molecular complexity index is 492. The van der Waals surface area contributed by atoms with Crippen molar-refractivity contribution in [3.05, 3.63) is 30.3 Å². The van der Waals surface area contributed by atoms with Crippen molar-refractivity contribution in [2.45, 2.75) is 24.9 Å². The second kappa shape index (κ2) is 6.67. The number of nitrogens with zero attached hydrogens (tertiary/aromatic N) is 2. The summed E-state index contributed by atoms with van der Waals surface area (Å²) in [7, 11) is 0. The lowest BCUT2D eigenvalue weighted by atomic mass is 9.88. The van der Waals surface area contributed by atoms with Gasteiger partial charge in [0.15, 0.2) is 0 Å². The molecule has 2 N–H and O–H groups in total. The Hall–Kier alpha value is -1.59. The molecule has 5 nitrogen and oxygen atoms in total. The third-order valence-electron chi connectivity index (χ3n) is 4.77. The molecule has 1 aromatic carbocycles. The normalized spacial score (nSPS) is 21.7. The van der Waals surface area contributed by atoms with Gasteiger partial charge in [-0.3, -0.25) is 4.79 Å². The molecule has 0 saturated carbocycles. The van der Waals surface area contributed by atoms with Crippen LogP contribution in [-0.4, -0.2) is 60.8 Å². The minimum absolute atomic E-state index is 0.0945. The highest BCUT2D eigenvalue weighted by atomic mass is 16.3. The molecule has 0 atom stereocenters. The molecule has 2 aliphatic rings. The molecule has 120 valence electrons. The van der Waals surface area contributed by atoms with Gasteiger partial charge in [0.1, 0.15) is 0 Å². The molecule has 0 aromatic heterocycles. The van der Waals surface area contributed by atoms with E-state index in [0.29, 0.717) is 12.8 Å². The number of amides is 1. The SMILES string of the molecule is O=C(CC1(O)CCNCC1)N1CCN(c2ccccc2)CC1. The number of hydrogen-bond acceptors (Lipinski definition) is 4. The van der Waals surface area contributed by atoms with E-state index in [1.54, 1.807) is 0 Å². The summed E-state index contributed by atoms with van der Waals surface area (Å²) in [6, 6.07) is 10.3. The van der Waals surface area contributed by atoms with Crippen LogP contribution in [0.2, 0.25) is 0 Å². The molecule has 2 aliphatic heterocycles. The largest absolute Gasteiger partial charge is 0.389 e. The van der Waals surface area contributed by atoms with E-state index < -0.39 is 5.60 Å². The van der Waals surface area contributed by atoms with Gasteiger partial charge in [0.05, 0.1) is 12.0 Å². The minimum Gasteiger partial charge on any atom is -0.389 e. The van der Waals surface area contributed by atoms with Gasteiger partial charge in [-0.2, -0.15) is 0 Å². The number of benzene rings is 1. The predicted molar refractivity (Wildman–Crippen MR) is 86.9 cm³/mol. The van der Waals surface area contributed by atoms with Crippen molar-refractivity contribution in [3.63, 3.8) is 0 Å². The predicted octanol–water partition coefficient (Wildman–Crippen LogP) is 0.840. The molecule has 3 rings (SSSR count). The minimum atomic E-state index is -0.807. The van der Waals surface area contributed by atoms with Crippen molar-refractivity contribution >= 4 is 11.6 Å². The molecule has 22 heavy (non-hydrogen) atoms. The molecule has 0 unspecified atom stereocenters. The number of carbonyl (C=O) groups is 1. The molecule has 2 heterocycles. The highest BCUT2D eigenvalue weighted by Gasteiger charge is 2.34. The topological polar surface area (TPSA) is 55.8 Å². The molecule has 0 bridgehead atoms. The summed E-state index contributed by atoms with van der Waals surface area (Å²) in [6.45, 7) is 4.78. The van der Waals surface area contributed by atoms with Crippen molar-refractivity contribution in [3.8, 4) is 0 Å². The van der Waals surface area contributed by atoms with Crippen LogP contribution < -0.4 is 10.2 Å². The van der Waals surface area contributed by atoms with Crippen LogP contribution in [0.5, 0.6) is 0 Å². The Balaban J connectivity index is 1.51. The molecule has 2 saturated heterocycles. The molecule has 0 aliphatic carbocycles. The van der Waals surface area contributed by atoms with Gasteiger partial charge in [0, 0.05) is 31.9 Å². The average Bonchev–Trinajstić information content (AvgIpc) is 2.56. The first kappa shape index (κ1) is 15.3. The zero-order valence-electron chi connectivity index (χ0n) is 13.0. The zero-order valence-corrected chi connectivity index (χ0v) is 13.0. The summed E-state index contributed by atoms with van der Waals surface area (Å²) in [6.07, 6.45) is 1.60. The maximum Gasteiger partial charge on any atom is 0.225 e. The summed E-state index contributed by atoms with van der Waals surface area (Å²) >= 11 is 0. The van der Waals surface area contributed by atoms with Crippen LogP contribution in [-0.2, 0) is 4.79 Å². The number of piperazine rings is 1. The van der Waals surface area contributed by atoms with Crippen LogP contribution in [0, 0.1) is 0 Å². The molecule has 1 amide bonds. The van der Waals surface area contributed by atoms with Gasteiger partial charge in [0.25, 0.3) is 0 Å². The van der Waals surface area contributed by atoms with Gasteiger partial charge < -0.3 is 20.2 Å². The fourth-order valence-corrected chi connectivity index (χ4v) is 3.32. The highest BCUT2D eigenvalue weighted by Crippen LogP contribution is 2.24. The monoisotopic (exact) mass is 303 g/mol. The van der Waals surface area contributed by atoms with Crippen molar-refractivity contribution in [1.29, 1.82) is 0 Å². The maximum absolute atomic E-state index is 12.4. The van der Waals surface area contributed by atoms with Crippen LogP contribution >= 0.6 is 0 Å². The molecule has 1 aromatic rings. The third kappa shape index (κ3) is 3.59. The van der Waals surface area contributed by atoms with Gasteiger partial charge in [-0.25, -0.2) is 0 Å². The van der Waals surface area contributed by atoms with E-state index in [0.717, 1.165) is 39.3 Å². The van der Waals surface area contributed by atoms with E-state index in [2.05, 4.69) is 22.3 Å². The van der Waals surface area contributed by atoms with E-state index in [1.807, 2.05) is 23.1 Å². The average molecular weight is 303 g/mol. The molecular weight excluding hydrogens is 278 g/mol. The van der Waals surface area contributed by atoms with Gasteiger partial charge in [0.2, 0.25) is 5.91 Å². The maximum atomic E-state index is 12.4. The third-order valence-corrected chi connectivity index (χ3v) is 4.77. The Kier molecular flexibility index (Phi) is 4.64.